The van der Waals surface area contributed by atoms with Crippen molar-refractivity contribution in [3.63, 3.8) is 0 Å². The number of ether oxygens (including phenoxy) is 1. The lowest BCUT2D eigenvalue weighted by Gasteiger charge is -2.32. The molecule has 2 saturated heterocycles. The molecule has 42 heavy (non-hydrogen) atoms. The van der Waals surface area contributed by atoms with Gasteiger partial charge >= 0.3 is 0 Å². The molecule has 6 rings (SSSR count). The Balaban J connectivity index is 1.01. The number of para-hydroxylation sites is 1. The van der Waals surface area contributed by atoms with Gasteiger partial charge in [-0.1, -0.05) is 24.3 Å². The van der Waals surface area contributed by atoms with Crippen molar-refractivity contribution >= 4 is 34.9 Å². The number of hydrogen-bond acceptors (Lipinski definition) is 9. The summed E-state index contributed by atoms with van der Waals surface area (Å²) in [5.41, 5.74) is 3.79. The number of piperidine rings is 1. The Kier molecular flexibility index (Phi) is 8.53. The second kappa shape index (κ2) is 13.0. The zero-order chi connectivity index (χ0) is 28.7. The van der Waals surface area contributed by atoms with Crippen LogP contribution in [0.3, 0.4) is 0 Å². The van der Waals surface area contributed by atoms with Crippen LogP contribution in [0.4, 0.5) is 10.7 Å². The molecule has 0 aliphatic carbocycles. The Morgan fingerprint density at radius 2 is 1.71 bits per heavy atom. The number of imide groups is 1. The van der Waals surface area contributed by atoms with Crippen LogP contribution in [0.15, 0.2) is 90.1 Å². The van der Waals surface area contributed by atoms with Crippen LogP contribution in [-0.2, 0) is 11.3 Å². The molecule has 2 amide bonds. The van der Waals surface area contributed by atoms with E-state index < -0.39 is 0 Å². The molecule has 10 heteroatoms. The Bertz CT molecular complexity index is 1590. The van der Waals surface area contributed by atoms with Crippen LogP contribution in [0, 0.1) is 5.92 Å². The van der Waals surface area contributed by atoms with E-state index in [1.807, 2.05) is 66.9 Å². The predicted molar refractivity (Wildman–Crippen MR) is 164 cm³/mol. The van der Waals surface area contributed by atoms with E-state index in [-0.39, 0.29) is 11.1 Å². The Hall–Kier alpha value is -4.54. The summed E-state index contributed by atoms with van der Waals surface area (Å²) in [6.07, 6.45) is 7.20. The van der Waals surface area contributed by atoms with E-state index in [1.54, 1.807) is 18.3 Å². The lowest BCUT2D eigenvalue weighted by molar-refractivity contribution is -0.115. The first-order valence-corrected chi connectivity index (χ1v) is 14.7. The molecule has 0 spiro atoms. The zero-order valence-electron chi connectivity index (χ0n) is 22.9. The first-order chi connectivity index (χ1) is 20.6. The maximum atomic E-state index is 11.9. The van der Waals surface area contributed by atoms with Crippen molar-refractivity contribution < 1.29 is 14.3 Å². The molecule has 2 aromatic carbocycles. The number of pyridine rings is 1. The average Bonchev–Trinajstić information content (AvgIpc) is 3.34. The molecule has 2 aromatic heterocycles. The highest BCUT2D eigenvalue weighted by atomic mass is 32.2. The van der Waals surface area contributed by atoms with Gasteiger partial charge in [0.25, 0.3) is 11.1 Å². The quantitative estimate of drug-likeness (QED) is 0.243. The third kappa shape index (κ3) is 6.84. The molecule has 9 nitrogen and oxygen atoms in total. The van der Waals surface area contributed by atoms with Crippen LogP contribution in [0.1, 0.15) is 24.1 Å². The minimum absolute atomic E-state index is 0.347. The normalized spacial score (nSPS) is 16.6. The number of rotatable bonds is 9. The Morgan fingerprint density at radius 3 is 2.48 bits per heavy atom. The molecule has 2 aliphatic heterocycles. The molecule has 2 N–H and O–H groups in total. The van der Waals surface area contributed by atoms with Crippen LogP contribution in [0.25, 0.3) is 17.3 Å². The molecule has 4 heterocycles. The number of nitrogens with one attached hydrogen (secondary N) is 2. The molecular formula is C32H30N6O3S. The van der Waals surface area contributed by atoms with E-state index in [0.29, 0.717) is 22.5 Å². The molecule has 212 valence electrons. The van der Waals surface area contributed by atoms with E-state index >= 15 is 0 Å². The van der Waals surface area contributed by atoms with E-state index in [9.17, 15) is 9.59 Å². The molecule has 0 radical (unpaired) electrons. The van der Waals surface area contributed by atoms with Gasteiger partial charge in [0.05, 0.1) is 16.3 Å². The summed E-state index contributed by atoms with van der Waals surface area (Å²) >= 11 is 0.888. The van der Waals surface area contributed by atoms with E-state index in [1.165, 1.54) is 0 Å². The fourth-order valence-corrected chi connectivity index (χ4v) is 5.71. The number of benzene rings is 2. The number of aromatic nitrogens is 3. The summed E-state index contributed by atoms with van der Waals surface area (Å²) in [5.74, 6) is 2.41. The molecule has 0 bridgehead atoms. The minimum Gasteiger partial charge on any atom is -0.457 e. The zero-order valence-corrected chi connectivity index (χ0v) is 23.7. The lowest BCUT2D eigenvalue weighted by Crippen LogP contribution is -2.38. The summed E-state index contributed by atoms with van der Waals surface area (Å²) < 4.78 is 5.93. The van der Waals surface area contributed by atoms with Gasteiger partial charge in [-0.3, -0.25) is 19.9 Å². The SMILES string of the molecule is O=C1NC(=O)C(=Cc2ccnc(N3CCC(CNCc4cccnc4-c4ccc(Oc5ccccc5)cc4)CC3)n2)S1. The number of anilines is 1. The van der Waals surface area contributed by atoms with Gasteiger partial charge in [-0.05, 0) is 97.2 Å². The first-order valence-electron chi connectivity index (χ1n) is 13.9. The van der Waals surface area contributed by atoms with Gasteiger partial charge in [0.15, 0.2) is 0 Å². The molecule has 0 atom stereocenters. The molecule has 4 aromatic rings. The highest BCUT2D eigenvalue weighted by Gasteiger charge is 2.26. The van der Waals surface area contributed by atoms with Gasteiger partial charge in [-0.2, -0.15) is 0 Å². The van der Waals surface area contributed by atoms with Gasteiger partial charge in [-0.25, -0.2) is 9.97 Å². The van der Waals surface area contributed by atoms with E-state index in [2.05, 4.69) is 36.6 Å². The third-order valence-corrected chi connectivity index (χ3v) is 8.04. The first kappa shape index (κ1) is 27.6. The molecule has 2 aliphatic rings. The fraction of sp³-hybridized carbons (Fsp3) is 0.219. The van der Waals surface area contributed by atoms with Crippen LogP contribution in [0.5, 0.6) is 11.5 Å². The average molecular weight is 579 g/mol. The smallest absolute Gasteiger partial charge is 0.290 e. The Morgan fingerprint density at radius 1 is 0.929 bits per heavy atom. The van der Waals surface area contributed by atoms with Crippen molar-refractivity contribution in [3.05, 3.63) is 101 Å². The maximum Gasteiger partial charge on any atom is 0.290 e. The van der Waals surface area contributed by atoms with Gasteiger partial charge in [0.2, 0.25) is 5.95 Å². The molecule has 0 saturated carbocycles. The van der Waals surface area contributed by atoms with Crippen molar-refractivity contribution in [2.24, 2.45) is 5.92 Å². The maximum absolute atomic E-state index is 11.9. The summed E-state index contributed by atoms with van der Waals surface area (Å²) in [6.45, 7) is 3.37. The largest absolute Gasteiger partial charge is 0.457 e. The van der Waals surface area contributed by atoms with Crippen LogP contribution >= 0.6 is 11.8 Å². The summed E-state index contributed by atoms with van der Waals surface area (Å²) in [4.78, 5) is 39.6. The monoisotopic (exact) mass is 578 g/mol. The second-order valence-corrected chi connectivity index (χ2v) is 11.2. The van der Waals surface area contributed by atoms with Crippen molar-refractivity contribution in [2.45, 2.75) is 19.4 Å². The van der Waals surface area contributed by atoms with E-state index in [0.717, 1.165) is 79.1 Å². The third-order valence-electron chi connectivity index (χ3n) is 7.23. The van der Waals surface area contributed by atoms with Crippen molar-refractivity contribution in [3.8, 4) is 22.8 Å². The van der Waals surface area contributed by atoms with Crippen LogP contribution in [0.2, 0.25) is 0 Å². The van der Waals surface area contributed by atoms with Gasteiger partial charge in [-0.15, -0.1) is 0 Å². The highest BCUT2D eigenvalue weighted by Crippen LogP contribution is 2.28. The predicted octanol–water partition coefficient (Wildman–Crippen LogP) is 5.66. The molecule has 0 unspecified atom stereocenters. The number of nitrogens with zero attached hydrogens (tertiary/aromatic N) is 4. The summed E-state index contributed by atoms with van der Waals surface area (Å²) in [6, 6.07) is 23.6. The highest BCUT2D eigenvalue weighted by molar-refractivity contribution is 8.18. The van der Waals surface area contributed by atoms with Gasteiger partial charge < -0.3 is 15.0 Å². The second-order valence-electron chi connectivity index (χ2n) is 10.1. The summed E-state index contributed by atoms with van der Waals surface area (Å²) in [5, 5.41) is 5.55. The fourth-order valence-electron chi connectivity index (χ4n) is 5.04. The van der Waals surface area contributed by atoms with Crippen molar-refractivity contribution in [2.75, 3.05) is 24.5 Å². The minimum atomic E-state index is -0.386. The number of thioether (sulfide) groups is 1. The number of hydrogen-bond donors (Lipinski definition) is 2. The number of carbonyl (C=O) groups excluding carboxylic acids is 2. The summed E-state index contributed by atoms with van der Waals surface area (Å²) in [7, 11) is 0. The van der Waals surface area contributed by atoms with Crippen LogP contribution in [-0.4, -0.2) is 45.7 Å². The van der Waals surface area contributed by atoms with Crippen molar-refractivity contribution in [1.29, 1.82) is 0 Å². The van der Waals surface area contributed by atoms with Gasteiger partial charge in [0.1, 0.15) is 11.5 Å². The number of carbonyl (C=O) groups is 2. The topological polar surface area (TPSA) is 109 Å². The molecule has 2 fully saturated rings. The number of amides is 2. The van der Waals surface area contributed by atoms with Crippen LogP contribution < -0.4 is 20.3 Å². The standard InChI is InChI=1S/C32H30N6O3S/c39-30-28(42-32(40)37-30)19-25-12-16-35-31(36-25)38-17-13-22(14-18-38)20-33-21-24-5-4-15-34-29(24)23-8-10-27(11-9-23)41-26-6-2-1-3-7-26/h1-12,15-16,19,22,33H,13-14,17-18,20-21H2,(H,37,39,40). The molecular weight excluding hydrogens is 548 g/mol. The lowest BCUT2D eigenvalue weighted by atomic mass is 9.97. The van der Waals surface area contributed by atoms with Crippen molar-refractivity contribution in [1.82, 2.24) is 25.6 Å². The Labute approximate surface area is 248 Å². The van der Waals surface area contributed by atoms with E-state index in [4.69, 9.17) is 4.74 Å². The van der Waals surface area contributed by atoms with Gasteiger partial charge in [0, 0.05) is 37.6 Å².